The summed E-state index contributed by atoms with van der Waals surface area (Å²) in [6.45, 7) is 2.62. The number of aliphatic hydroxyl groups excluding tert-OH is 1. The van der Waals surface area contributed by atoms with E-state index in [-0.39, 0.29) is 18.3 Å². The fraction of sp³-hybridized carbons (Fsp3) is 1.00. The smallest absolute Gasteiger partial charge is 0.0838 e. The third kappa shape index (κ3) is 7.91. The van der Waals surface area contributed by atoms with E-state index in [1.54, 1.807) is 7.11 Å². The minimum Gasteiger partial charge on any atom is -0.390 e. The molecular weight excluding hydrogens is 240 g/mol. The summed E-state index contributed by atoms with van der Waals surface area (Å²) in [7, 11) is 1.69. The fourth-order valence-electron chi connectivity index (χ4n) is 2.87. The molecule has 0 aromatic carbocycles. The Kier molecular flexibility index (Phi) is 9.48. The lowest BCUT2D eigenvalue weighted by molar-refractivity contribution is -0.0956. The van der Waals surface area contributed by atoms with Crippen molar-refractivity contribution in [3.8, 4) is 0 Å². The second-order valence-corrected chi connectivity index (χ2v) is 5.91. The maximum absolute atomic E-state index is 10.3. The van der Waals surface area contributed by atoms with Crippen molar-refractivity contribution in [1.29, 1.82) is 0 Å². The van der Waals surface area contributed by atoms with Gasteiger partial charge in [0.1, 0.15) is 0 Å². The van der Waals surface area contributed by atoms with Gasteiger partial charge < -0.3 is 14.6 Å². The Morgan fingerprint density at radius 1 is 0.947 bits per heavy atom. The molecular formula is C16H32O3. The summed E-state index contributed by atoms with van der Waals surface area (Å²) in [6.07, 6.45) is 11.8. The highest BCUT2D eigenvalue weighted by atomic mass is 16.5. The molecule has 0 spiro atoms. The lowest BCUT2D eigenvalue weighted by atomic mass is 9.97. The molecule has 0 bridgehead atoms. The number of aliphatic hydroxyl groups is 1. The molecule has 19 heavy (non-hydrogen) atoms. The van der Waals surface area contributed by atoms with Crippen LogP contribution in [0, 0.1) is 0 Å². The van der Waals surface area contributed by atoms with Crippen LogP contribution in [-0.2, 0) is 9.47 Å². The Hall–Kier alpha value is -0.120. The molecule has 1 rings (SSSR count). The van der Waals surface area contributed by atoms with Crippen molar-refractivity contribution in [1.82, 2.24) is 0 Å². The average Bonchev–Trinajstić information content (AvgIpc) is 2.37. The molecule has 1 fully saturated rings. The minimum absolute atomic E-state index is 0.00965. The molecule has 3 heteroatoms. The average molecular weight is 272 g/mol. The van der Waals surface area contributed by atoms with Gasteiger partial charge in [-0.15, -0.1) is 0 Å². The van der Waals surface area contributed by atoms with E-state index in [1.807, 2.05) is 6.92 Å². The molecule has 3 atom stereocenters. The SMILES string of the molecule is COCC(C)OC1CCCCCCCCCCC1O. The first-order valence-corrected chi connectivity index (χ1v) is 8.06. The molecule has 3 nitrogen and oxygen atoms in total. The molecule has 0 aromatic heterocycles. The van der Waals surface area contributed by atoms with E-state index in [0.717, 1.165) is 19.3 Å². The van der Waals surface area contributed by atoms with Crippen LogP contribution in [0.3, 0.4) is 0 Å². The maximum Gasteiger partial charge on any atom is 0.0838 e. The molecule has 1 saturated carbocycles. The molecule has 0 heterocycles. The predicted molar refractivity (Wildman–Crippen MR) is 78.4 cm³/mol. The first-order valence-electron chi connectivity index (χ1n) is 8.06. The number of hydrogen-bond acceptors (Lipinski definition) is 3. The number of rotatable bonds is 4. The van der Waals surface area contributed by atoms with Crippen molar-refractivity contribution in [2.75, 3.05) is 13.7 Å². The van der Waals surface area contributed by atoms with Crippen molar-refractivity contribution in [2.24, 2.45) is 0 Å². The Labute approximate surface area is 118 Å². The summed E-state index contributed by atoms with van der Waals surface area (Å²) < 4.78 is 11.1. The van der Waals surface area contributed by atoms with Gasteiger partial charge in [0.15, 0.2) is 0 Å². The highest BCUT2D eigenvalue weighted by Gasteiger charge is 2.21. The monoisotopic (exact) mass is 272 g/mol. The summed E-state index contributed by atoms with van der Waals surface area (Å²) in [5, 5.41) is 10.3. The zero-order valence-electron chi connectivity index (χ0n) is 12.8. The largest absolute Gasteiger partial charge is 0.390 e. The number of methoxy groups -OCH3 is 1. The van der Waals surface area contributed by atoms with Crippen LogP contribution in [-0.4, -0.2) is 37.1 Å². The molecule has 0 saturated heterocycles. The quantitative estimate of drug-likeness (QED) is 0.848. The molecule has 1 N–H and O–H groups in total. The van der Waals surface area contributed by atoms with Gasteiger partial charge in [-0.25, -0.2) is 0 Å². The third-order valence-electron chi connectivity index (χ3n) is 3.98. The third-order valence-corrected chi connectivity index (χ3v) is 3.98. The van der Waals surface area contributed by atoms with Crippen LogP contribution in [0.1, 0.15) is 71.1 Å². The molecule has 0 amide bonds. The predicted octanol–water partition coefficient (Wildman–Crippen LogP) is 3.68. The van der Waals surface area contributed by atoms with E-state index in [4.69, 9.17) is 9.47 Å². The Morgan fingerprint density at radius 3 is 2.05 bits per heavy atom. The van der Waals surface area contributed by atoms with Crippen LogP contribution >= 0.6 is 0 Å². The van der Waals surface area contributed by atoms with E-state index >= 15 is 0 Å². The highest BCUT2D eigenvalue weighted by molar-refractivity contribution is 4.72. The van der Waals surface area contributed by atoms with E-state index in [0.29, 0.717) is 6.61 Å². The van der Waals surface area contributed by atoms with Crippen molar-refractivity contribution in [3.63, 3.8) is 0 Å². The zero-order chi connectivity index (χ0) is 13.9. The van der Waals surface area contributed by atoms with Gasteiger partial charge in [-0.2, -0.15) is 0 Å². The highest BCUT2D eigenvalue weighted by Crippen LogP contribution is 2.20. The molecule has 114 valence electrons. The molecule has 0 aromatic rings. The summed E-state index contributed by atoms with van der Waals surface area (Å²) in [4.78, 5) is 0. The van der Waals surface area contributed by atoms with Crippen molar-refractivity contribution in [2.45, 2.75) is 89.4 Å². The van der Waals surface area contributed by atoms with Gasteiger partial charge in [-0.3, -0.25) is 0 Å². The first-order chi connectivity index (χ1) is 9.24. The van der Waals surface area contributed by atoms with E-state index in [9.17, 15) is 5.11 Å². The lowest BCUT2D eigenvalue weighted by Crippen LogP contribution is -2.33. The second kappa shape index (κ2) is 10.6. The summed E-state index contributed by atoms with van der Waals surface area (Å²) in [5.41, 5.74) is 0. The molecule has 0 radical (unpaired) electrons. The molecule has 1 aliphatic rings. The number of ether oxygens (including phenoxy) is 2. The summed E-state index contributed by atoms with van der Waals surface area (Å²) in [5.74, 6) is 0. The van der Waals surface area contributed by atoms with Crippen LogP contribution in [0.25, 0.3) is 0 Å². The second-order valence-electron chi connectivity index (χ2n) is 5.91. The van der Waals surface area contributed by atoms with E-state index < -0.39 is 0 Å². The van der Waals surface area contributed by atoms with Crippen LogP contribution < -0.4 is 0 Å². The van der Waals surface area contributed by atoms with Gasteiger partial charge in [0.05, 0.1) is 24.9 Å². The first kappa shape index (κ1) is 16.9. The Bertz CT molecular complexity index is 208. The zero-order valence-corrected chi connectivity index (χ0v) is 12.8. The fourth-order valence-corrected chi connectivity index (χ4v) is 2.87. The van der Waals surface area contributed by atoms with E-state index in [1.165, 1.54) is 44.9 Å². The summed E-state index contributed by atoms with van der Waals surface area (Å²) >= 11 is 0. The Morgan fingerprint density at radius 2 is 1.47 bits per heavy atom. The van der Waals surface area contributed by atoms with Crippen LogP contribution in [0.2, 0.25) is 0 Å². The van der Waals surface area contributed by atoms with Gasteiger partial charge in [0, 0.05) is 7.11 Å². The normalized spacial score (nSPS) is 29.2. The van der Waals surface area contributed by atoms with Crippen LogP contribution in [0.4, 0.5) is 0 Å². The standard InChI is InChI=1S/C16H32O3/c1-14(13-18-2)19-16-12-10-8-6-4-3-5-7-9-11-15(16)17/h14-17H,3-13H2,1-2H3. The lowest BCUT2D eigenvalue weighted by Gasteiger charge is -2.27. The van der Waals surface area contributed by atoms with Gasteiger partial charge in [-0.1, -0.05) is 51.4 Å². The maximum atomic E-state index is 10.3. The van der Waals surface area contributed by atoms with Gasteiger partial charge in [-0.05, 0) is 19.8 Å². The van der Waals surface area contributed by atoms with Crippen molar-refractivity contribution in [3.05, 3.63) is 0 Å². The van der Waals surface area contributed by atoms with Gasteiger partial charge in [0.25, 0.3) is 0 Å². The molecule has 1 aliphatic carbocycles. The molecule has 0 aliphatic heterocycles. The van der Waals surface area contributed by atoms with Crippen LogP contribution in [0.5, 0.6) is 0 Å². The Balaban J connectivity index is 2.41. The van der Waals surface area contributed by atoms with Crippen molar-refractivity contribution >= 4 is 0 Å². The van der Waals surface area contributed by atoms with Crippen LogP contribution in [0.15, 0.2) is 0 Å². The van der Waals surface area contributed by atoms with E-state index in [2.05, 4.69) is 0 Å². The van der Waals surface area contributed by atoms with Gasteiger partial charge in [0.2, 0.25) is 0 Å². The van der Waals surface area contributed by atoms with Crippen molar-refractivity contribution < 1.29 is 14.6 Å². The topological polar surface area (TPSA) is 38.7 Å². The molecule has 3 unspecified atom stereocenters. The minimum atomic E-state index is -0.307. The van der Waals surface area contributed by atoms with Gasteiger partial charge >= 0.3 is 0 Å². The summed E-state index contributed by atoms with van der Waals surface area (Å²) in [6, 6.07) is 0. The number of hydrogen-bond donors (Lipinski definition) is 1.